The van der Waals surface area contributed by atoms with Crippen LogP contribution in [0, 0.1) is 11.8 Å². The Morgan fingerprint density at radius 3 is 2.64 bits per heavy atom. The van der Waals surface area contributed by atoms with Gasteiger partial charge in [-0.25, -0.2) is 4.98 Å². The molecule has 22 heavy (non-hydrogen) atoms. The Morgan fingerprint density at radius 1 is 1.41 bits per heavy atom. The molecule has 1 atom stereocenters. The second-order valence-electron chi connectivity index (χ2n) is 6.68. The summed E-state index contributed by atoms with van der Waals surface area (Å²) in [6.07, 6.45) is 4.30. The highest BCUT2D eigenvalue weighted by Crippen LogP contribution is 2.21. The maximum Gasteiger partial charge on any atom is 0.237 e. The van der Waals surface area contributed by atoms with Crippen LogP contribution in [-0.4, -0.2) is 30.0 Å². The summed E-state index contributed by atoms with van der Waals surface area (Å²) in [5.41, 5.74) is 6.82. The highest BCUT2D eigenvalue weighted by molar-refractivity contribution is 5.81. The summed E-state index contributed by atoms with van der Waals surface area (Å²) >= 11 is 0. The highest BCUT2D eigenvalue weighted by atomic mass is 16.2. The minimum atomic E-state index is -0.456. The lowest BCUT2D eigenvalue weighted by atomic mass is 9.99. The van der Waals surface area contributed by atoms with Crippen molar-refractivity contribution >= 4 is 11.7 Å². The Balaban J connectivity index is 1.85. The molecule has 0 aromatic carbocycles. The average molecular weight is 304 g/mol. The van der Waals surface area contributed by atoms with Crippen molar-refractivity contribution in [1.82, 2.24) is 10.3 Å². The molecule has 0 bridgehead atoms. The quantitative estimate of drug-likeness (QED) is 0.872. The smallest absolute Gasteiger partial charge is 0.237 e. The van der Waals surface area contributed by atoms with E-state index in [4.69, 9.17) is 5.73 Å². The number of nitrogens with two attached hydrogens (primary N) is 1. The van der Waals surface area contributed by atoms with E-state index in [2.05, 4.69) is 22.1 Å². The first-order valence-corrected chi connectivity index (χ1v) is 8.20. The van der Waals surface area contributed by atoms with Gasteiger partial charge >= 0.3 is 0 Å². The van der Waals surface area contributed by atoms with Gasteiger partial charge in [0.2, 0.25) is 5.91 Å². The molecule has 1 amide bonds. The van der Waals surface area contributed by atoms with Gasteiger partial charge in [0.25, 0.3) is 0 Å². The number of carbonyl (C=O) groups is 1. The molecular weight excluding hydrogens is 276 g/mol. The molecule has 1 fully saturated rings. The van der Waals surface area contributed by atoms with E-state index in [9.17, 15) is 4.79 Å². The summed E-state index contributed by atoms with van der Waals surface area (Å²) in [6.45, 7) is 8.82. The predicted octanol–water partition coefficient (Wildman–Crippen LogP) is 1.92. The highest BCUT2D eigenvalue weighted by Gasteiger charge is 2.18. The normalized spacial score (nSPS) is 17.6. The largest absolute Gasteiger partial charge is 0.357 e. The predicted molar refractivity (Wildman–Crippen MR) is 89.5 cm³/mol. The lowest BCUT2D eigenvalue weighted by Crippen LogP contribution is -2.43. The van der Waals surface area contributed by atoms with E-state index in [-0.39, 0.29) is 11.8 Å². The minimum absolute atomic E-state index is 0.107. The first-order chi connectivity index (χ1) is 10.5. The number of nitrogens with zero attached hydrogens (tertiary/aromatic N) is 2. The first kappa shape index (κ1) is 16.7. The van der Waals surface area contributed by atoms with Crippen molar-refractivity contribution in [2.75, 3.05) is 18.0 Å². The third-order valence-electron chi connectivity index (χ3n) is 4.40. The molecule has 1 aromatic rings. The zero-order chi connectivity index (χ0) is 16.1. The van der Waals surface area contributed by atoms with Crippen LogP contribution in [0.5, 0.6) is 0 Å². The lowest BCUT2D eigenvalue weighted by Gasteiger charge is -2.31. The Bertz CT molecular complexity index is 478. The fourth-order valence-corrected chi connectivity index (χ4v) is 2.56. The monoisotopic (exact) mass is 304 g/mol. The van der Waals surface area contributed by atoms with Gasteiger partial charge in [0.05, 0.1) is 6.04 Å². The van der Waals surface area contributed by atoms with Crippen LogP contribution in [0.2, 0.25) is 0 Å². The van der Waals surface area contributed by atoms with E-state index in [1.165, 1.54) is 12.8 Å². The fraction of sp³-hybridized carbons (Fsp3) is 0.647. The van der Waals surface area contributed by atoms with E-state index < -0.39 is 6.04 Å². The first-order valence-electron chi connectivity index (χ1n) is 8.20. The Morgan fingerprint density at radius 2 is 2.09 bits per heavy atom. The Kier molecular flexibility index (Phi) is 5.77. The van der Waals surface area contributed by atoms with Crippen LogP contribution in [0.4, 0.5) is 5.82 Å². The van der Waals surface area contributed by atoms with E-state index in [0.717, 1.165) is 30.4 Å². The van der Waals surface area contributed by atoms with Gasteiger partial charge in [0, 0.05) is 25.8 Å². The molecular formula is C17H28N4O. The number of pyridine rings is 1. The topological polar surface area (TPSA) is 71.2 Å². The van der Waals surface area contributed by atoms with Gasteiger partial charge in [-0.15, -0.1) is 0 Å². The maximum atomic E-state index is 11.8. The van der Waals surface area contributed by atoms with Gasteiger partial charge in [-0.3, -0.25) is 4.79 Å². The maximum absolute atomic E-state index is 11.8. The van der Waals surface area contributed by atoms with Crippen molar-refractivity contribution in [2.45, 2.75) is 46.2 Å². The number of piperidine rings is 1. The molecule has 1 aromatic heterocycles. The molecule has 1 aliphatic heterocycles. The number of aromatic nitrogens is 1. The van der Waals surface area contributed by atoms with Gasteiger partial charge in [-0.1, -0.05) is 26.8 Å². The van der Waals surface area contributed by atoms with Crippen LogP contribution in [0.25, 0.3) is 0 Å². The van der Waals surface area contributed by atoms with Gasteiger partial charge in [0.15, 0.2) is 0 Å². The van der Waals surface area contributed by atoms with Gasteiger partial charge in [-0.05, 0) is 36.3 Å². The van der Waals surface area contributed by atoms with Gasteiger partial charge < -0.3 is 16.0 Å². The summed E-state index contributed by atoms with van der Waals surface area (Å²) in [5.74, 6) is 1.88. The molecule has 0 saturated carbocycles. The van der Waals surface area contributed by atoms with E-state index >= 15 is 0 Å². The molecule has 0 unspecified atom stereocenters. The number of anilines is 1. The third-order valence-corrected chi connectivity index (χ3v) is 4.40. The zero-order valence-corrected chi connectivity index (χ0v) is 13.9. The van der Waals surface area contributed by atoms with Crippen molar-refractivity contribution in [2.24, 2.45) is 17.6 Å². The molecule has 2 rings (SSSR count). The molecule has 5 nitrogen and oxygen atoms in total. The minimum Gasteiger partial charge on any atom is -0.357 e. The molecule has 1 aliphatic rings. The number of nitrogens with one attached hydrogen (secondary N) is 1. The van der Waals surface area contributed by atoms with Crippen molar-refractivity contribution in [1.29, 1.82) is 0 Å². The summed E-state index contributed by atoms with van der Waals surface area (Å²) in [6, 6.07) is 3.61. The van der Waals surface area contributed by atoms with Crippen LogP contribution in [0.1, 0.15) is 39.2 Å². The SMILES string of the molecule is CC1CCN(c2ccc(CNC(=O)[C@@H](N)C(C)C)cn2)CC1. The van der Waals surface area contributed by atoms with Crippen molar-refractivity contribution < 1.29 is 4.79 Å². The van der Waals surface area contributed by atoms with Gasteiger partial charge in [0.1, 0.15) is 5.82 Å². The number of hydrogen-bond donors (Lipinski definition) is 2. The Hall–Kier alpha value is -1.62. The second-order valence-corrected chi connectivity index (χ2v) is 6.68. The second kappa shape index (κ2) is 7.58. The molecule has 3 N–H and O–H groups in total. The summed E-state index contributed by atoms with van der Waals surface area (Å²) in [5, 5.41) is 2.87. The fourth-order valence-electron chi connectivity index (χ4n) is 2.56. The summed E-state index contributed by atoms with van der Waals surface area (Å²) in [7, 11) is 0. The number of carbonyl (C=O) groups excluding carboxylic acids is 1. The van der Waals surface area contributed by atoms with Crippen molar-refractivity contribution in [3.05, 3.63) is 23.9 Å². The van der Waals surface area contributed by atoms with Crippen molar-refractivity contribution in [3.63, 3.8) is 0 Å². The van der Waals surface area contributed by atoms with Crippen LogP contribution >= 0.6 is 0 Å². The number of rotatable bonds is 5. The molecule has 1 saturated heterocycles. The third kappa shape index (κ3) is 4.44. The summed E-state index contributed by atoms with van der Waals surface area (Å²) < 4.78 is 0. The van der Waals surface area contributed by atoms with Crippen LogP contribution in [-0.2, 0) is 11.3 Å². The molecule has 2 heterocycles. The van der Waals surface area contributed by atoms with E-state index in [1.807, 2.05) is 32.2 Å². The molecule has 5 heteroatoms. The van der Waals surface area contributed by atoms with Crippen LogP contribution in [0.3, 0.4) is 0 Å². The van der Waals surface area contributed by atoms with Crippen LogP contribution in [0.15, 0.2) is 18.3 Å². The lowest BCUT2D eigenvalue weighted by molar-refractivity contribution is -0.123. The van der Waals surface area contributed by atoms with Gasteiger partial charge in [-0.2, -0.15) is 0 Å². The average Bonchev–Trinajstić information content (AvgIpc) is 2.53. The van der Waals surface area contributed by atoms with E-state index in [1.54, 1.807) is 0 Å². The number of amides is 1. The van der Waals surface area contributed by atoms with Crippen molar-refractivity contribution in [3.8, 4) is 0 Å². The molecule has 0 radical (unpaired) electrons. The zero-order valence-electron chi connectivity index (χ0n) is 13.9. The summed E-state index contributed by atoms with van der Waals surface area (Å²) in [4.78, 5) is 18.7. The van der Waals surface area contributed by atoms with Crippen LogP contribution < -0.4 is 16.0 Å². The number of hydrogen-bond acceptors (Lipinski definition) is 4. The van der Waals surface area contributed by atoms with E-state index in [0.29, 0.717) is 6.54 Å². The molecule has 122 valence electrons. The Labute approximate surface area is 133 Å². The molecule has 0 spiro atoms. The molecule has 0 aliphatic carbocycles. The standard InChI is InChI=1S/C17H28N4O/c1-12(2)16(18)17(22)20-11-14-4-5-15(19-10-14)21-8-6-13(3)7-9-21/h4-5,10,12-13,16H,6-9,11,18H2,1-3H3,(H,20,22)/t16-/m0/s1.